The Morgan fingerprint density at radius 2 is 2.26 bits per heavy atom. The minimum absolute atomic E-state index is 0.155. The van der Waals surface area contributed by atoms with E-state index in [1.54, 1.807) is 34.2 Å². The first-order valence-electron chi connectivity index (χ1n) is 7.17. The topological polar surface area (TPSA) is 72.7 Å². The molecule has 3 aromatic rings. The van der Waals surface area contributed by atoms with E-state index in [2.05, 4.69) is 20.8 Å². The fraction of sp³-hybridized carbons (Fsp3) is 0.200. The van der Waals surface area contributed by atoms with Gasteiger partial charge in [0.05, 0.1) is 5.56 Å². The van der Waals surface area contributed by atoms with Crippen molar-refractivity contribution in [3.63, 3.8) is 0 Å². The lowest BCUT2D eigenvalue weighted by Gasteiger charge is -2.08. The molecule has 2 heterocycles. The molecular formula is C15H12ClN5OS. The second kappa shape index (κ2) is 5.75. The molecule has 0 aliphatic heterocycles. The SMILES string of the molecule is O=C(Nc1cccc(Cl)c1)c1c(-n2cnnn2)sc2c1CCC2. The molecule has 1 aromatic carbocycles. The zero-order valence-electron chi connectivity index (χ0n) is 12.0. The first-order valence-corrected chi connectivity index (χ1v) is 8.36. The van der Waals surface area contributed by atoms with Gasteiger partial charge in [-0.05, 0) is 53.5 Å². The van der Waals surface area contributed by atoms with Gasteiger partial charge in [0.25, 0.3) is 5.91 Å². The molecule has 1 amide bonds. The van der Waals surface area contributed by atoms with E-state index in [0.717, 1.165) is 29.8 Å². The van der Waals surface area contributed by atoms with E-state index in [-0.39, 0.29) is 5.91 Å². The Hall–Kier alpha value is -2.25. The number of carbonyl (C=O) groups is 1. The van der Waals surface area contributed by atoms with Crippen LogP contribution in [0.3, 0.4) is 0 Å². The van der Waals surface area contributed by atoms with Crippen LogP contribution >= 0.6 is 22.9 Å². The Morgan fingerprint density at radius 3 is 3.04 bits per heavy atom. The van der Waals surface area contributed by atoms with Crippen LogP contribution in [0.5, 0.6) is 0 Å². The number of aryl methyl sites for hydroxylation is 1. The van der Waals surface area contributed by atoms with Crippen molar-refractivity contribution < 1.29 is 4.79 Å². The van der Waals surface area contributed by atoms with Crippen LogP contribution in [-0.2, 0) is 12.8 Å². The van der Waals surface area contributed by atoms with Gasteiger partial charge in [-0.1, -0.05) is 17.7 Å². The van der Waals surface area contributed by atoms with E-state index in [0.29, 0.717) is 16.3 Å². The van der Waals surface area contributed by atoms with Crippen molar-refractivity contribution in [3.05, 3.63) is 51.6 Å². The molecule has 0 radical (unpaired) electrons. The third-order valence-corrected chi connectivity index (χ3v) is 5.29. The molecule has 0 unspecified atom stereocenters. The molecule has 0 saturated carbocycles. The number of hydrogen-bond donors (Lipinski definition) is 1. The van der Waals surface area contributed by atoms with Gasteiger partial charge in [0.15, 0.2) is 0 Å². The second-order valence-corrected chi connectivity index (χ2v) is 6.78. The molecular weight excluding hydrogens is 334 g/mol. The highest BCUT2D eigenvalue weighted by Gasteiger charge is 2.28. The molecule has 23 heavy (non-hydrogen) atoms. The molecule has 0 bridgehead atoms. The van der Waals surface area contributed by atoms with E-state index < -0.39 is 0 Å². The molecule has 116 valence electrons. The predicted octanol–water partition coefficient (Wildman–Crippen LogP) is 3.12. The van der Waals surface area contributed by atoms with Gasteiger partial charge in [-0.2, -0.15) is 4.68 Å². The van der Waals surface area contributed by atoms with E-state index in [1.807, 2.05) is 6.07 Å². The molecule has 6 nitrogen and oxygen atoms in total. The molecule has 0 saturated heterocycles. The monoisotopic (exact) mass is 345 g/mol. The smallest absolute Gasteiger partial charge is 0.259 e. The first kappa shape index (κ1) is 14.3. The minimum atomic E-state index is -0.155. The van der Waals surface area contributed by atoms with Crippen LogP contribution in [-0.4, -0.2) is 26.1 Å². The Bertz CT molecular complexity index is 874. The fourth-order valence-electron chi connectivity index (χ4n) is 2.80. The number of carbonyl (C=O) groups excluding carboxylic acids is 1. The molecule has 0 fully saturated rings. The van der Waals surface area contributed by atoms with Crippen molar-refractivity contribution in [1.82, 2.24) is 20.2 Å². The lowest BCUT2D eigenvalue weighted by molar-refractivity contribution is 0.102. The molecule has 0 atom stereocenters. The van der Waals surface area contributed by atoms with Gasteiger partial charge >= 0.3 is 0 Å². The lowest BCUT2D eigenvalue weighted by Crippen LogP contribution is -2.15. The maximum absolute atomic E-state index is 12.8. The third kappa shape index (κ3) is 2.62. The number of halogens is 1. The van der Waals surface area contributed by atoms with Crippen LogP contribution in [0.2, 0.25) is 5.02 Å². The summed E-state index contributed by atoms with van der Waals surface area (Å²) in [6.07, 6.45) is 4.50. The highest BCUT2D eigenvalue weighted by atomic mass is 35.5. The normalized spacial score (nSPS) is 13.1. The van der Waals surface area contributed by atoms with Gasteiger partial charge in [0, 0.05) is 15.6 Å². The highest BCUT2D eigenvalue weighted by Crippen LogP contribution is 2.37. The molecule has 1 aliphatic carbocycles. The number of fused-ring (bicyclic) bond motifs is 1. The predicted molar refractivity (Wildman–Crippen MR) is 88.5 cm³/mol. The van der Waals surface area contributed by atoms with Gasteiger partial charge < -0.3 is 5.32 Å². The van der Waals surface area contributed by atoms with Gasteiger partial charge in [-0.25, -0.2) is 0 Å². The van der Waals surface area contributed by atoms with Crippen LogP contribution in [0.1, 0.15) is 27.2 Å². The fourth-order valence-corrected chi connectivity index (χ4v) is 4.29. The summed E-state index contributed by atoms with van der Waals surface area (Å²) >= 11 is 7.56. The first-order chi connectivity index (χ1) is 11.2. The Morgan fingerprint density at radius 1 is 1.35 bits per heavy atom. The molecule has 8 heteroatoms. The summed E-state index contributed by atoms with van der Waals surface area (Å²) in [7, 11) is 0. The van der Waals surface area contributed by atoms with Crippen molar-refractivity contribution in [1.29, 1.82) is 0 Å². The molecule has 4 rings (SSSR count). The van der Waals surface area contributed by atoms with E-state index in [9.17, 15) is 4.79 Å². The number of hydrogen-bond acceptors (Lipinski definition) is 5. The Labute approximate surface area is 141 Å². The highest BCUT2D eigenvalue weighted by molar-refractivity contribution is 7.15. The summed E-state index contributed by atoms with van der Waals surface area (Å²) < 4.78 is 1.55. The van der Waals surface area contributed by atoms with Gasteiger partial charge in [0.2, 0.25) is 0 Å². The lowest BCUT2D eigenvalue weighted by atomic mass is 10.1. The van der Waals surface area contributed by atoms with Crippen LogP contribution in [0, 0.1) is 0 Å². The summed E-state index contributed by atoms with van der Waals surface area (Å²) in [6, 6.07) is 7.11. The summed E-state index contributed by atoms with van der Waals surface area (Å²) in [5.41, 5.74) is 2.44. The molecule has 1 aliphatic rings. The number of aromatic nitrogens is 4. The number of nitrogens with one attached hydrogen (secondary N) is 1. The zero-order chi connectivity index (χ0) is 15.8. The zero-order valence-corrected chi connectivity index (χ0v) is 13.6. The second-order valence-electron chi connectivity index (χ2n) is 5.26. The number of tetrazole rings is 1. The third-order valence-electron chi connectivity index (χ3n) is 3.77. The molecule has 1 N–H and O–H groups in total. The quantitative estimate of drug-likeness (QED) is 0.791. The van der Waals surface area contributed by atoms with E-state index >= 15 is 0 Å². The number of anilines is 1. The Balaban J connectivity index is 1.74. The van der Waals surface area contributed by atoms with E-state index in [1.165, 1.54) is 11.2 Å². The van der Waals surface area contributed by atoms with Crippen molar-refractivity contribution in [2.75, 3.05) is 5.32 Å². The van der Waals surface area contributed by atoms with Gasteiger partial charge in [0.1, 0.15) is 11.3 Å². The van der Waals surface area contributed by atoms with Crippen LogP contribution in [0.4, 0.5) is 5.69 Å². The average Bonchev–Trinajstić information content (AvgIpc) is 3.23. The number of rotatable bonds is 3. The van der Waals surface area contributed by atoms with Crippen LogP contribution in [0.25, 0.3) is 5.00 Å². The van der Waals surface area contributed by atoms with E-state index in [4.69, 9.17) is 11.6 Å². The van der Waals surface area contributed by atoms with Gasteiger partial charge in [-0.15, -0.1) is 16.4 Å². The van der Waals surface area contributed by atoms with Crippen molar-refractivity contribution in [2.24, 2.45) is 0 Å². The molecule has 0 spiro atoms. The summed E-state index contributed by atoms with van der Waals surface area (Å²) in [5.74, 6) is -0.155. The van der Waals surface area contributed by atoms with Crippen molar-refractivity contribution in [3.8, 4) is 5.00 Å². The number of thiophene rings is 1. The maximum atomic E-state index is 12.8. The van der Waals surface area contributed by atoms with Crippen molar-refractivity contribution >= 4 is 34.5 Å². The van der Waals surface area contributed by atoms with Crippen molar-refractivity contribution in [2.45, 2.75) is 19.3 Å². The minimum Gasteiger partial charge on any atom is -0.322 e. The Kier molecular flexibility index (Phi) is 3.59. The summed E-state index contributed by atoms with van der Waals surface area (Å²) in [4.78, 5) is 14.1. The number of nitrogens with zero attached hydrogens (tertiary/aromatic N) is 4. The maximum Gasteiger partial charge on any atom is 0.259 e. The summed E-state index contributed by atoms with van der Waals surface area (Å²) in [5, 5.41) is 15.5. The van der Waals surface area contributed by atoms with Crippen LogP contribution < -0.4 is 5.32 Å². The molecule has 2 aromatic heterocycles. The van der Waals surface area contributed by atoms with Gasteiger partial charge in [-0.3, -0.25) is 4.79 Å². The summed E-state index contributed by atoms with van der Waals surface area (Å²) in [6.45, 7) is 0. The largest absolute Gasteiger partial charge is 0.322 e. The average molecular weight is 346 g/mol. The standard InChI is InChI=1S/C15H12ClN5OS/c16-9-3-1-4-10(7-9)18-14(22)13-11-5-2-6-12(11)23-15(13)21-8-17-19-20-21/h1,3-4,7-8H,2,5-6H2,(H,18,22). The number of benzene rings is 1. The van der Waals surface area contributed by atoms with Crippen LogP contribution in [0.15, 0.2) is 30.6 Å². The number of amides is 1.